The van der Waals surface area contributed by atoms with Crippen molar-refractivity contribution in [3.05, 3.63) is 53.6 Å². The number of hydrogen-bond donors (Lipinski definition) is 1. The number of carbonyl (C=O) groups is 3. The van der Waals surface area contributed by atoms with Gasteiger partial charge in [-0.25, -0.2) is 0 Å². The van der Waals surface area contributed by atoms with E-state index in [1.54, 1.807) is 12.1 Å². The Hall–Kier alpha value is -3.35. The van der Waals surface area contributed by atoms with E-state index < -0.39 is 5.97 Å². The summed E-state index contributed by atoms with van der Waals surface area (Å²) in [6.07, 6.45) is 0.0374. The molecule has 0 saturated carbocycles. The van der Waals surface area contributed by atoms with Gasteiger partial charge in [-0.3, -0.25) is 14.4 Å². The first-order chi connectivity index (χ1) is 13.0. The SMILES string of the molecule is Cc1ccccc1OCCC(=O)OCC(=O)c1ccc2c(c1)NC(=O)CO2. The highest BCUT2D eigenvalue weighted by molar-refractivity contribution is 6.01. The minimum atomic E-state index is -0.522. The molecule has 7 heteroatoms. The first-order valence-corrected chi connectivity index (χ1v) is 8.47. The maximum Gasteiger partial charge on any atom is 0.309 e. The highest BCUT2D eigenvalue weighted by Crippen LogP contribution is 2.28. The fraction of sp³-hybridized carbons (Fsp3) is 0.250. The van der Waals surface area contributed by atoms with Crippen molar-refractivity contribution < 1.29 is 28.6 Å². The molecule has 1 aliphatic heterocycles. The van der Waals surface area contributed by atoms with Crippen molar-refractivity contribution in [2.75, 3.05) is 25.1 Å². The zero-order valence-corrected chi connectivity index (χ0v) is 14.8. The number of hydrogen-bond acceptors (Lipinski definition) is 6. The van der Waals surface area contributed by atoms with Crippen molar-refractivity contribution >= 4 is 23.3 Å². The van der Waals surface area contributed by atoms with E-state index in [9.17, 15) is 14.4 Å². The van der Waals surface area contributed by atoms with Gasteiger partial charge in [-0.15, -0.1) is 0 Å². The largest absolute Gasteiger partial charge is 0.493 e. The van der Waals surface area contributed by atoms with E-state index >= 15 is 0 Å². The molecule has 0 spiro atoms. The van der Waals surface area contributed by atoms with Gasteiger partial charge in [0.2, 0.25) is 0 Å². The summed E-state index contributed by atoms with van der Waals surface area (Å²) >= 11 is 0. The Morgan fingerprint density at radius 3 is 2.81 bits per heavy atom. The minimum Gasteiger partial charge on any atom is -0.493 e. The molecule has 0 unspecified atom stereocenters. The molecule has 7 nitrogen and oxygen atoms in total. The van der Waals surface area contributed by atoms with Crippen molar-refractivity contribution in [1.82, 2.24) is 0 Å². The number of esters is 1. The molecule has 0 radical (unpaired) electrons. The predicted molar refractivity (Wildman–Crippen MR) is 97.1 cm³/mol. The van der Waals surface area contributed by atoms with Crippen LogP contribution in [0.4, 0.5) is 5.69 Å². The summed E-state index contributed by atoms with van der Waals surface area (Å²) in [7, 11) is 0. The van der Waals surface area contributed by atoms with Gasteiger partial charge in [0.05, 0.1) is 18.7 Å². The number of benzene rings is 2. The van der Waals surface area contributed by atoms with Gasteiger partial charge in [-0.05, 0) is 36.8 Å². The Labute approximate surface area is 156 Å². The molecule has 0 aliphatic carbocycles. The monoisotopic (exact) mass is 369 g/mol. The zero-order chi connectivity index (χ0) is 19.2. The average Bonchev–Trinajstić information content (AvgIpc) is 2.67. The van der Waals surface area contributed by atoms with Crippen molar-refractivity contribution in [2.45, 2.75) is 13.3 Å². The summed E-state index contributed by atoms with van der Waals surface area (Å²) in [5, 5.41) is 2.63. The van der Waals surface area contributed by atoms with Gasteiger partial charge in [0.25, 0.3) is 5.91 Å². The van der Waals surface area contributed by atoms with Crippen molar-refractivity contribution in [1.29, 1.82) is 0 Å². The lowest BCUT2D eigenvalue weighted by atomic mass is 10.1. The number of rotatable bonds is 7. The molecule has 2 aromatic rings. The van der Waals surface area contributed by atoms with E-state index in [0.29, 0.717) is 22.7 Å². The van der Waals surface area contributed by atoms with Crippen LogP contribution in [0.1, 0.15) is 22.3 Å². The highest BCUT2D eigenvalue weighted by atomic mass is 16.5. The summed E-state index contributed by atoms with van der Waals surface area (Å²) < 4.78 is 15.8. The summed E-state index contributed by atoms with van der Waals surface area (Å²) in [6.45, 7) is 1.65. The molecule has 1 amide bonds. The van der Waals surface area contributed by atoms with Crippen molar-refractivity contribution in [3.63, 3.8) is 0 Å². The Balaban J connectivity index is 1.46. The van der Waals surface area contributed by atoms with Crippen LogP contribution in [0.2, 0.25) is 0 Å². The molecule has 0 atom stereocenters. The lowest BCUT2D eigenvalue weighted by molar-refractivity contribution is -0.143. The molecule has 3 rings (SSSR count). The van der Waals surface area contributed by atoms with Crippen LogP contribution < -0.4 is 14.8 Å². The van der Waals surface area contributed by atoms with Gasteiger partial charge in [0, 0.05) is 5.56 Å². The number of Topliss-reactive ketones (excluding diaryl/α,β-unsaturated/α-hetero) is 1. The first kappa shape index (κ1) is 18.4. The number of fused-ring (bicyclic) bond motifs is 1. The van der Waals surface area contributed by atoms with E-state index in [2.05, 4.69) is 5.32 Å². The number of ether oxygens (including phenoxy) is 3. The molecule has 140 valence electrons. The van der Waals surface area contributed by atoms with Gasteiger partial charge in [-0.2, -0.15) is 0 Å². The average molecular weight is 369 g/mol. The summed E-state index contributed by atoms with van der Waals surface area (Å²) in [5.41, 5.74) is 1.73. The van der Waals surface area contributed by atoms with Crippen LogP contribution in [0, 0.1) is 6.92 Å². The molecule has 2 aromatic carbocycles. The molecule has 0 bridgehead atoms. The molecule has 1 aliphatic rings. The number of para-hydroxylation sites is 1. The molecule has 0 saturated heterocycles. The van der Waals surface area contributed by atoms with E-state index in [1.165, 1.54) is 6.07 Å². The zero-order valence-electron chi connectivity index (χ0n) is 14.8. The number of ketones is 1. The van der Waals surface area contributed by atoms with Crippen molar-refractivity contribution in [3.8, 4) is 11.5 Å². The quantitative estimate of drug-likeness (QED) is 0.596. The summed E-state index contributed by atoms with van der Waals surface area (Å²) in [5.74, 6) is 0.0284. The normalized spacial score (nSPS) is 12.4. The topological polar surface area (TPSA) is 90.9 Å². The van der Waals surface area contributed by atoms with Gasteiger partial charge >= 0.3 is 5.97 Å². The number of nitrogens with one attached hydrogen (secondary N) is 1. The van der Waals surface area contributed by atoms with Crippen LogP contribution in [0.15, 0.2) is 42.5 Å². The number of amides is 1. The number of anilines is 1. The third-order valence-corrected chi connectivity index (χ3v) is 3.96. The minimum absolute atomic E-state index is 0.0374. The maximum atomic E-state index is 12.2. The van der Waals surface area contributed by atoms with Crippen LogP contribution in [0.25, 0.3) is 0 Å². The second kappa shape index (κ2) is 8.35. The smallest absolute Gasteiger partial charge is 0.309 e. The maximum absolute atomic E-state index is 12.2. The Kier molecular flexibility index (Phi) is 5.71. The van der Waals surface area contributed by atoms with Gasteiger partial charge in [0.1, 0.15) is 11.5 Å². The fourth-order valence-corrected chi connectivity index (χ4v) is 2.52. The Bertz CT molecular complexity index is 877. The van der Waals surface area contributed by atoms with Crippen molar-refractivity contribution in [2.24, 2.45) is 0 Å². The molecule has 0 fully saturated rings. The Morgan fingerprint density at radius 2 is 2.00 bits per heavy atom. The molecule has 27 heavy (non-hydrogen) atoms. The number of aryl methyl sites for hydroxylation is 1. The molecule has 1 N–H and O–H groups in total. The molecule has 1 heterocycles. The van der Waals surface area contributed by atoms with Gasteiger partial charge in [0.15, 0.2) is 19.0 Å². The lowest BCUT2D eigenvalue weighted by Crippen LogP contribution is -2.25. The van der Waals surface area contributed by atoms with Crippen LogP contribution in [0.3, 0.4) is 0 Å². The summed E-state index contributed by atoms with van der Waals surface area (Å²) in [4.78, 5) is 35.3. The third-order valence-electron chi connectivity index (χ3n) is 3.96. The van der Waals surface area contributed by atoms with Crippen LogP contribution >= 0.6 is 0 Å². The van der Waals surface area contributed by atoms with Gasteiger partial charge in [-0.1, -0.05) is 18.2 Å². The highest BCUT2D eigenvalue weighted by Gasteiger charge is 2.18. The number of carbonyl (C=O) groups excluding carboxylic acids is 3. The van der Waals surface area contributed by atoms with Gasteiger partial charge < -0.3 is 19.5 Å². The molecule has 0 aromatic heterocycles. The predicted octanol–water partition coefficient (Wildman–Crippen LogP) is 2.52. The fourth-order valence-electron chi connectivity index (χ4n) is 2.52. The Morgan fingerprint density at radius 1 is 1.19 bits per heavy atom. The third kappa shape index (κ3) is 4.84. The molecular formula is C20H19NO6. The standard InChI is InChI=1S/C20H19NO6/c1-13-4-2-3-5-17(13)25-9-8-20(24)27-11-16(22)14-6-7-18-15(10-14)21-19(23)12-26-18/h2-7,10H,8-9,11-12H2,1H3,(H,21,23). The second-order valence-corrected chi connectivity index (χ2v) is 6.00. The van der Waals surface area contributed by atoms with Crippen LogP contribution in [-0.2, 0) is 14.3 Å². The van der Waals surface area contributed by atoms with Crippen LogP contribution in [0.5, 0.6) is 11.5 Å². The van der Waals surface area contributed by atoms with E-state index in [0.717, 1.165) is 5.56 Å². The summed E-state index contributed by atoms with van der Waals surface area (Å²) in [6, 6.07) is 12.2. The first-order valence-electron chi connectivity index (χ1n) is 8.47. The molecular weight excluding hydrogens is 350 g/mol. The second-order valence-electron chi connectivity index (χ2n) is 6.00. The van der Waals surface area contributed by atoms with E-state index in [4.69, 9.17) is 14.2 Å². The van der Waals surface area contributed by atoms with E-state index in [1.807, 2.05) is 31.2 Å². The van der Waals surface area contributed by atoms with Crippen LogP contribution in [-0.4, -0.2) is 37.5 Å². The lowest BCUT2D eigenvalue weighted by Gasteiger charge is -2.18. The van der Waals surface area contributed by atoms with E-state index in [-0.39, 0.29) is 37.9 Å².